The van der Waals surface area contributed by atoms with Crippen LogP contribution < -0.4 is 15.4 Å². The standard InChI is InChI=1S/C17H18Cl2N2O2/c1-11-7-15(16(23-2)8-14(11)19)20-10-17(22)21-9-12-5-3-4-6-13(12)18/h3-8,20H,9-10H2,1-2H3,(H,21,22). The van der Waals surface area contributed by atoms with Crippen LogP contribution in [-0.4, -0.2) is 19.6 Å². The summed E-state index contributed by atoms with van der Waals surface area (Å²) in [6.07, 6.45) is 0. The third kappa shape index (κ3) is 4.78. The van der Waals surface area contributed by atoms with Crippen LogP contribution in [-0.2, 0) is 11.3 Å². The smallest absolute Gasteiger partial charge is 0.239 e. The number of ether oxygens (including phenoxy) is 1. The Hall–Kier alpha value is -1.91. The molecule has 2 N–H and O–H groups in total. The highest BCUT2D eigenvalue weighted by molar-refractivity contribution is 6.31. The lowest BCUT2D eigenvalue weighted by atomic mass is 10.2. The van der Waals surface area contributed by atoms with E-state index in [9.17, 15) is 4.79 Å². The van der Waals surface area contributed by atoms with Crippen molar-refractivity contribution < 1.29 is 9.53 Å². The van der Waals surface area contributed by atoms with Crippen molar-refractivity contribution in [1.29, 1.82) is 0 Å². The number of amides is 1. The molecule has 1 amide bonds. The van der Waals surface area contributed by atoms with Crippen molar-refractivity contribution in [3.05, 3.63) is 57.6 Å². The molecule has 0 saturated heterocycles. The third-order valence-electron chi connectivity index (χ3n) is 3.35. The number of carbonyl (C=O) groups is 1. The maximum Gasteiger partial charge on any atom is 0.239 e. The van der Waals surface area contributed by atoms with Crippen LogP contribution in [0, 0.1) is 6.92 Å². The summed E-state index contributed by atoms with van der Waals surface area (Å²) in [5.74, 6) is 0.457. The van der Waals surface area contributed by atoms with Crippen molar-refractivity contribution >= 4 is 34.8 Å². The average Bonchev–Trinajstić information content (AvgIpc) is 2.54. The predicted octanol–water partition coefficient (Wildman–Crippen LogP) is 4.04. The number of hydrogen-bond acceptors (Lipinski definition) is 3. The second-order valence-electron chi connectivity index (χ2n) is 5.02. The van der Waals surface area contributed by atoms with Gasteiger partial charge in [-0.15, -0.1) is 0 Å². The predicted molar refractivity (Wildman–Crippen MR) is 94.5 cm³/mol. The van der Waals surface area contributed by atoms with Gasteiger partial charge in [0.1, 0.15) is 5.75 Å². The fourth-order valence-electron chi connectivity index (χ4n) is 2.04. The Morgan fingerprint density at radius 2 is 1.91 bits per heavy atom. The van der Waals surface area contributed by atoms with Crippen LogP contribution in [0.3, 0.4) is 0 Å². The summed E-state index contributed by atoms with van der Waals surface area (Å²) in [7, 11) is 1.56. The number of halogens is 2. The first kappa shape index (κ1) is 17.4. The van der Waals surface area contributed by atoms with Gasteiger partial charge in [-0.2, -0.15) is 0 Å². The van der Waals surface area contributed by atoms with E-state index in [1.54, 1.807) is 19.2 Å². The zero-order chi connectivity index (χ0) is 16.8. The minimum Gasteiger partial charge on any atom is -0.495 e. The molecular formula is C17H18Cl2N2O2. The summed E-state index contributed by atoms with van der Waals surface area (Å²) in [5.41, 5.74) is 2.51. The van der Waals surface area contributed by atoms with Gasteiger partial charge in [-0.1, -0.05) is 41.4 Å². The highest BCUT2D eigenvalue weighted by atomic mass is 35.5. The van der Waals surface area contributed by atoms with Crippen LogP contribution in [0.4, 0.5) is 5.69 Å². The first-order chi connectivity index (χ1) is 11.0. The van der Waals surface area contributed by atoms with Crippen molar-refractivity contribution in [3.8, 4) is 5.75 Å². The molecule has 0 heterocycles. The number of hydrogen-bond donors (Lipinski definition) is 2. The topological polar surface area (TPSA) is 50.4 Å². The number of nitrogens with one attached hydrogen (secondary N) is 2. The molecule has 0 aliphatic heterocycles. The van der Waals surface area contributed by atoms with Crippen molar-refractivity contribution in [2.75, 3.05) is 19.0 Å². The summed E-state index contributed by atoms with van der Waals surface area (Å²) in [4.78, 5) is 12.0. The van der Waals surface area contributed by atoms with Gasteiger partial charge in [-0.05, 0) is 30.2 Å². The van der Waals surface area contributed by atoms with Crippen LogP contribution in [0.1, 0.15) is 11.1 Å². The minimum atomic E-state index is -0.139. The minimum absolute atomic E-state index is 0.127. The molecule has 0 unspecified atom stereocenters. The molecule has 2 aromatic carbocycles. The number of aryl methyl sites for hydroxylation is 1. The highest BCUT2D eigenvalue weighted by Crippen LogP contribution is 2.30. The van der Waals surface area contributed by atoms with Crippen LogP contribution in [0.25, 0.3) is 0 Å². The van der Waals surface area contributed by atoms with E-state index in [1.807, 2.05) is 31.2 Å². The van der Waals surface area contributed by atoms with Crippen LogP contribution in [0.5, 0.6) is 5.75 Å². The molecule has 0 radical (unpaired) electrons. The Morgan fingerprint density at radius 3 is 2.61 bits per heavy atom. The van der Waals surface area contributed by atoms with Crippen molar-refractivity contribution in [1.82, 2.24) is 5.32 Å². The van der Waals surface area contributed by atoms with Gasteiger partial charge in [0.25, 0.3) is 0 Å². The SMILES string of the molecule is COc1cc(Cl)c(C)cc1NCC(=O)NCc1ccccc1Cl. The fraction of sp³-hybridized carbons (Fsp3) is 0.235. The summed E-state index contributed by atoms with van der Waals surface area (Å²) in [6, 6.07) is 11.0. The first-order valence-corrected chi connectivity index (χ1v) is 7.85. The lowest BCUT2D eigenvalue weighted by molar-refractivity contribution is -0.119. The van der Waals surface area contributed by atoms with E-state index in [0.29, 0.717) is 22.3 Å². The van der Waals surface area contributed by atoms with Gasteiger partial charge in [0.2, 0.25) is 5.91 Å². The van der Waals surface area contributed by atoms with Crippen LogP contribution >= 0.6 is 23.2 Å². The number of anilines is 1. The fourth-order valence-corrected chi connectivity index (χ4v) is 2.40. The number of rotatable bonds is 6. The van der Waals surface area contributed by atoms with Crippen LogP contribution in [0.2, 0.25) is 10.0 Å². The van der Waals surface area contributed by atoms with Crippen molar-refractivity contribution in [3.63, 3.8) is 0 Å². The Balaban J connectivity index is 1.92. The van der Waals surface area contributed by atoms with E-state index in [1.165, 1.54) is 0 Å². The summed E-state index contributed by atoms with van der Waals surface area (Å²) in [6.45, 7) is 2.41. The number of benzene rings is 2. The molecule has 2 aromatic rings. The Bertz CT molecular complexity index is 705. The molecule has 122 valence electrons. The van der Waals surface area contributed by atoms with Gasteiger partial charge >= 0.3 is 0 Å². The van der Waals surface area contributed by atoms with Crippen molar-refractivity contribution in [2.24, 2.45) is 0 Å². The van der Waals surface area contributed by atoms with Gasteiger partial charge in [0.15, 0.2) is 0 Å². The maximum atomic E-state index is 12.0. The molecule has 0 aromatic heterocycles. The number of methoxy groups -OCH3 is 1. The van der Waals surface area contributed by atoms with E-state index >= 15 is 0 Å². The molecular weight excluding hydrogens is 335 g/mol. The summed E-state index contributed by atoms with van der Waals surface area (Å²) in [5, 5.41) is 7.13. The third-order valence-corrected chi connectivity index (χ3v) is 4.13. The highest BCUT2D eigenvalue weighted by Gasteiger charge is 2.09. The molecule has 0 aliphatic carbocycles. The van der Waals surface area contributed by atoms with Gasteiger partial charge in [0, 0.05) is 22.7 Å². The maximum absolute atomic E-state index is 12.0. The lowest BCUT2D eigenvalue weighted by Crippen LogP contribution is -2.29. The van der Waals surface area contributed by atoms with Gasteiger partial charge < -0.3 is 15.4 Å². The van der Waals surface area contributed by atoms with E-state index in [2.05, 4.69) is 10.6 Å². The molecule has 0 saturated carbocycles. The second-order valence-corrected chi connectivity index (χ2v) is 5.84. The molecule has 0 spiro atoms. The zero-order valence-corrected chi connectivity index (χ0v) is 14.5. The second kappa shape index (κ2) is 8.09. The quantitative estimate of drug-likeness (QED) is 0.824. The Morgan fingerprint density at radius 1 is 1.17 bits per heavy atom. The molecule has 23 heavy (non-hydrogen) atoms. The van der Waals surface area contributed by atoms with E-state index in [-0.39, 0.29) is 12.5 Å². The monoisotopic (exact) mass is 352 g/mol. The molecule has 0 aliphatic rings. The zero-order valence-electron chi connectivity index (χ0n) is 13.0. The van der Waals surface area contributed by atoms with Crippen LogP contribution in [0.15, 0.2) is 36.4 Å². The molecule has 0 fully saturated rings. The number of carbonyl (C=O) groups excluding carboxylic acids is 1. The molecule has 0 bridgehead atoms. The Labute approximate surface area is 145 Å². The van der Waals surface area contributed by atoms with Gasteiger partial charge in [-0.25, -0.2) is 0 Å². The van der Waals surface area contributed by atoms with Crippen molar-refractivity contribution in [2.45, 2.75) is 13.5 Å². The molecule has 2 rings (SSSR count). The molecule has 4 nitrogen and oxygen atoms in total. The van der Waals surface area contributed by atoms with Gasteiger partial charge in [0.05, 0.1) is 19.3 Å². The van der Waals surface area contributed by atoms with Gasteiger partial charge in [-0.3, -0.25) is 4.79 Å². The Kier molecular flexibility index (Phi) is 6.13. The lowest BCUT2D eigenvalue weighted by Gasteiger charge is -2.13. The largest absolute Gasteiger partial charge is 0.495 e. The molecule has 0 atom stereocenters. The van der Waals surface area contributed by atoms with E-state index in [4.69, 9.17) is 27.9 Å². The summed E-state index contributed by atoms with van der Waals surface area (Å²) >= 11 is 12.1. The average molecular weight is 353 g/mol. The normalized spacial score (nSPS) is 10.3. The molecule has 6 heteroatoms. The van der Waals surface area contributed by atoms with E-state index < -0.39 is 0 Å². The summed E-state index contributed by atoms with van der Waals surface area (Å²) < 4.78 is 5.26. The van der Waals surface area contributed by atoms with E-state index in [0.717, 1.165) is 16.8 Å². The first-order valence-electron chi connectivity index (χ1n) is 7.09.